The number of nitrogens with zero attached hydrogens (tertiary/aromatic N) is 1. The van der Waals surface area contributed by atoms with E-state index in [9.17, 15) is 9.59 Å². The van der Waals surface area contributed by atoms with Crippen molar-refractivity contribution in [1.29, 1.82) is 0 Å². The van der Waals surface area contributed by atoms with E-state index in [1.165, 1.54) is 18.3 Å². The number of hydrogen-bond acceptors (Lipinski definition) is 4. The Morgan fingerprint density at radius 1 is 0.957 bits per heavy atom. The van der Waals surface area contributed by atoms with Crippen LogP contribution in [0.4, 0.5) is 5.13 Å². The van der Waals surface area contributed by atoms with Crippen molar-refractivity contribution in [3.8, 4) is 11.3 Å². The molecule has 1 N–H and O–H groups in total. The molecule has 0 fully saturated rings. The zero-order chi connectivity index (χ0) is 16.2. The molecule has 0 aliphatic heterocycles. The van der Waals surface area contributed by atoms with E-state index in [1.54, 1.807) is 24.3 Å². The predicted octanol–water partition coefficient (Wildman–Crippen LogP) is 4.27. The average Bonchev–Trinajstić information content (AvgIpc) is 3.00. The highest BCUT2D eigenvalue weighted by molar-refractivity contribution is 7.18. The van der Waals surface area contributed by atoms with Crippen molar-refractivity contribution < 1.29 is 9.59 Å². The number of Topliss-reactive ketones (excluding diaryl/α,β-unsaturated/α-hetero) is 1. The van der Waals surface area contributed by atoms with Crippen molar-refractivity contribution in [2.24, 2.45) is 0 Å². The van der Waals surface area contributed by atoms with Gasteiger partial charge < -0.3 is 0 Å². The maximum Gasteiger partial charge on any atom is 0.257 e. The van der Waals surface area contributed by atoms with E-state index in [0.29, 0.717) is 21.3 Å². The van der Waals surface area contributed by atoms with Gasteiger partial charge in [-0.2, -0.15) is 0 Å². The van der Waals surface area contributed by atoms with Crippen LogP contribution in [0.1, 0.15) is 27.0 Å². The van der Waals surface area contributed by atoms with Crippen molar-refractivity contribution in [2.75, 3.05) is 5.32 Å². The lowest BCUT2D eigenvalue weighted by atomic mass is 10.1. The Labute approximate surface area is 137 Å². The minimum atomic E-state index is -0.242. The van der Waals surface area contributed by atoms with Gasteiger partial charge in [0.2, 0.25) is 0 Å². The van der Waals surface area contributed by atoms with Crippen LogP contribution in [-0.2, 0) is 0 Å². The molecule has 1 aromatic heterocycles. The molecular weight excluding hydrogens is 308 g/mol. The molecule has 0 atom stereocenters. The van der Waals surface area contributed by atoms with Gasteiger partial charge in [0.25, 0.3) is 5.91 Å². The fourth-order valence-corrected chi connectivity index (χ4v) is 3.04. The summed E-state index contributed by atoms with van der Waals surface area (Å²) in [5, 5.41) is 3.18. The number of thiazole rings is 1. The van der Waals surface area contributed by atoms with Crippen molar-refractivity contribution in [1.82, 2.24) is 4.98 Å². The van der Waals surface area contributed by atoms with Gasteiger partial charge in [0.05, 0.1) is 10.6 Å². The van der Waals surface area contributed by atoms with Crippen LogP contribution in [0, 0.1) is 0 Å². The second kappa shape index (κ2) is 6.54. The first-order valence-corrected chi connectivity index (χ1v) is 7.90. The second-order valence-electron chi connectivity index (χ2n) is 4.94. The molecule has 3 rings (SSSR count). The number of carbonyl (C=O) groups excluding carboxylic acids is 2. The highest BCUT2D eigenvalue weighted by atomic mass is 32.1. The first-order valence-electron chi connectivity index (χ1n) is 7.09. The number of hydrogen-bond donors (Lipinski definition) is 1. The molecule has 0 aliphatic rings. The molecule has 0 spiro atoms. The van der Waals surface area contributed by atoms with Crippen LogP contribution in [0.25, 0.3) is 11.3 Å². The van der Waals surface area contributed by atoms with Gasteiger partial charge >= 0.3 is 0 Å². The van der Waals surface area contributed by atoms with Gasteiger partial charge in [0.1, 0.15) is 0 Å². The number of carbonyl (C=O) groups is 2. The molecule has 0 unspecified atom stereocenters. The molecule has 0 aliphatic carbocycles. The summed E-state index contributed by atoms with van der Waals surface area (Å²) in [6.45, 7) is 1.50. The van der Waals surface area contributed by atoms with Gasteiger partial charge in [0, 0.05) is 18.1 Å². The predicted molar refractivity (Wildman–Crippen MR) is 91.9 cm³/mol. The van der Waals surface area contributed by atoms with Gasteiger partial charge in [-0.3, -0.25) is 14.9 Å². The first kappa shape index (κ1) is 15.1. The van der Waals surface area contributed by atoms with Gasteiger partial charge in [0.15, 0.2) is 10.9 Å². The molecule has 1 heterocycles. The second-order valence-corrected chi connectivity index (χ2v) is 5.94. The fraction of sp³-hybridized carbons (Fsp3) is 0.0556. The van der Waals surface area contributed by atoms with Crippen molar-refractivity contribution in [3.63, 3.8) is 0 Å². The molecule has 0 saturated heterocycles. The van der Waals surface area contributed by atoms with Crippen LogP contribution in [-0.4, -0.2) is 16.7 Å². The van der Waals surface area contributed by atoms with Gasteiger partial charge in [-0.25, -0.2) is 4.98 Å². The molecule has 5 heteroatoms. The Balaban J connectivity index is 1.93. The maximum absolute atomic E-state index is 12.2. The number of nitrogens with one attached hydrogen (secondary N) is 1. The molecule has 0 bridgehead atoms. The van der Waals surface area contributed by atoms with Gasteiger partial charge in [-0.05, 0) is 12.1 Å². The molecule has 23 heavy (non-hydrogen) atoms. The summed E-state index contributed by atoms with van der Waals surface area (Å²) in [5.41, 5.74) is 2.01. The smallest absolute Gasteiger partial charge is 0.257 e. The summed E-state index contributed by atoms with van der Waals surface area (Å²) in [4.78, 5) is 29.1. The standard InChI is InChI=1S/C18H14N2O2S/c1-12(21)16-15(13-8-4-2-5-9-13)19-18(23-16)20-17(22)14-10-6-3-7-11-14/h2-11H,1H3,(H,19,20,22). The van der Waals surface area contributed by atoms with E-state index in [1.807, 2.05) is 36.4 Å². The number of aromatic nitrogens is 1. The third-order valence-electron chi connectivity index (χ3n) is 3.25. The Bertz CT molecular complexity index is 842. The maximum atomic E-state index is 12.2. The SMILES string of the molecule is CC(=O)c1sc(NC(=O)c2ccccc2)nc1-c1ccccc1. The molecule has 2 aromatic carbocycles. The quantitative estimate of drug-likeness (QED) is 0.730. The Hall–Kier alpha value is -2.79. The largest absolute Gasteiger partial charge is 0.298 e. The van der Waals surface area contributed by atoms with Crippen molar-refractivity contribution in [2.45, 2.75) is 6.92 Å². The number of rotatable bonds is 4. The van der Waals surface area contributed by atoms with Crippen LogP contribution >= 0.6 is 11.3 Å². The molecule has 114 valence electrons. The number of amides is 1. The summed E-state index contributed by atoms with van der Waals surface area (Å²) in [6.07, 6.45) is 0. The third-order valence-corrected chi connectivity index (χ3v) is 4.32. The summed E-state index contributed by atoms with van der Waals surface area (Å²) in [7, 11) is 0. The zero-order valence-corrected chi connectivity index (χ0v) is 13.3. The van der Waals surface area contributed by atoms with E-state index in [-0.39, 0.29) is 11.7 Å². The lowest BCUT2D eigenvalue weighted by Gasteiger charge is -2.00. The lowest BCUT2D eigenvalue weighted by molar-refractivity contribution is 0.101. The van der Waals surface area contributed by atoms with E-state index < -0.39 is 0 Å². The van der Waals surface area contributed by atoms with E-state index in [4.69, 9.17) is 0 Å². The third kappa shape index (κ3) is 3.35. The topological polar surface area (TPSA) is 59.1 Å². The van der Waals surface area contributed by atoms with Gasteiger partial charge in [-0.15, -0.1) is 0 Å². The highest BCUT2D eigenvalue weighted by Gasteiger charge is 2.18. The number of benzene rings is 2. The van der Waals surface area contributed by atoms with Crippen LogP contribution < -0.4 is 5.32 Å². The Morgan fingerprint density at radius 2 is 1.57 bits per heavy atom. The Kier molecular flexibility index (Phi) is 4.30. The van der Waals surface area contributed by atoms with E-state index in [0.717, 1.165) is 5.56 Å². The van der Waals surface area contributed by atoms with E-state index >= 15 is 0 Å². The van der Waals surface area contributed by atoms with Crippen LogP contribution in [0.5, 0.6) is 0 Å². The molecular formula is C18H14N2O2S. The zero-order valence-electron chi connectivity index (χ0n) is 12.4. The number of anilines is 1. The lowest BCUT2D eigenvalue weighted by Crippen LogP contribution is -2.11. The number of ketones is 1. The molecule has 1 amide bonds. The molecule has 4 nitrogen and oxygen atoms in total. The normalized spacial score (nSPS) is 10.3. The minimum Gasteiger partial charge on any atom is -0.298 e. The van der Waals surface area contributed by atoms with E-state index in [2.05, 4.69) is 10.3 Å². The average molecular weight is 322 g/mol. The van der Waals surface area contributed by atoms with Gasteiger partial charge in [-0.1, -0.05) is 59.9 Å². The van der Waals surface area contributed by atoms with Crippen LogP contribution in [0.2, 0.25) is 0 Å². The molecule has 0 saturated carbocycles. The summed E-state index contributed by atoms with van der Waals surface area (Å²) in [5.74, 6) is -0.310. The summed E-state index contributed by atoms with van der Waals surface area (Å²) >= 11 is 1.19. The summed E-state index contributed by atoms with van der Waals surface area (Å²) in [6, 6.07) is 18.4. The van der Waals surface area contributed by atoms with Crippen molar-refractivity contribution >= 4 is 28.2 Å². The Morgan fingerprint density at radius 3 is 2.17 bits per heavy atom. The summed E-state index contributed by atoms with van der Waals surface area (Å²) < 4.78 is 0. The van der Waals surface area contributed by atoms with Crippen LogP contribution in [0.15, 0.2) is 60.7 Å². The first-order chi connectivity index (χ1) is 11.1. The molecule has 0 radical (unpaired) electrons. The highest BCUT2D eigenvalue weighted by Crippen LogP contribution is 2.31. The minimum absolute atomic E-state index is 0.0680. The van der Waals surface area contributed by atoms with Crippen LogP contribution in [0.3, 0.4) is 0 Å². The van der Waals surface area contributed by atoms with Crippen molar-refractivity contribution in [3.05, 3.63) is 71.1 Å². The monoisotopic (exact) mass is 322 g/mol. The molecule has 3 aromatic rings. The fourth-order valence-electron chi connectivity index (χ4n) is 2.16.